The average Bonchev–Trinajstić information content (AvgIpc) is 2.98. The zero-order chi connectivity index (χ0) is 21.2. The number of alkyl halides is 3. The molecule has 0 aliphatic heterocycles. The van der Waals surface area contributed by atoms with Crippen LogP contribution in [0.2, 0.25) is 0 Å². The van der Waals surface area contributed by atoms with Crippen molar-refractivity contribution in [1.29, 1.82) is 0 Å². The summed E-state index contributed by atoms with van der Waals surface area (Å²) < 4.78 is 62.8. The Morgan fingerprint density at radius 2 is 1.90 bits per heavy atom. The second-order valence-corrected chi connectivity index (χ2v) is 6.23. The molecule has 29 heavy (non-hydrogen) atoms. The van der Waals surface area contributed by atoms with Gasteiger partial charge in [0.25, 0.3) is 5.91 Å². The van der Waals surface area contributed by atoms with E-state index >= 15 is 0 Å². The smallest absolute Gasteiger partial charge is 0.419 e. The first-order valence-electron chi connectivity index (χ1n) is 8.48. The van der Waals surface area contributed by atoms with Gasteiger partial charge in [-0.25, -0.2) is 4.39 Å². The van der Waals surface area contributed by atoms with Gasteiger partial charge in [0.05, 0.1) is 22.4 Å². The molecule has 5 nitrogen and oxygen atoms in total. The summed E-state index contributed by atoms with van der Waals surface area (Å²) in [7, 11) is 0. The highest BCUT2D eigenvalue weighted by Crippen LogP contribution is 2.33. The minimum Gasteiger partial charge on any atom is -0.488 e. The molecule has 0 atom stereocenters. The highest BCUT2D eigenvalue weighted by Gasteiger charge is 2.34. The molecule has 2 aromatic carbocycles. The second kappa shape index (κ2) is 7.94. The van der Waals surface area contributed by atoms with Crippen LogP contribution in [-0.4, -0.2) is 11.1 Å². The van der Waals surface area contributed by atoms with Crippen LogP contribution in [0.15, 0.2) is 47.0 Å². The molecule has 9 heteroatoms. The number of nitrogens with zero attached hydrogens (tertiary/aromatic N) is 1. The Balaban J connectivity index is 1.80. The van der Waals surface area contributed by atoms with Gasteiger partial charge in [-0.15, -0.1) is 0 Å². The lowest BCUT2D eigenvalue weighted by Gasteiger charge is -2.13. The highest BCUT2D eigenvalue weighted by molar-refractivity contribution is 6.06. The number of amides is 1. The largest absolute Gasteiger partial charge is 0.488 e. The average molecular weight is 408 g/mol. The van der Waals surface area contributed by atoms with Crippen molar-refractivity contribution < 1.29 is 31.6 Å². The standard InChI is InChI=1S/C20H16F4N2O3/c1-11-15(12(2)29-26-11)10-28-18-6-4-3-5-14(18)19(27)25-13-7-8-17(21)16(9-13)20(22,23)24/h3-9H,10H2,1-2H3,(H,25,27). The molecule has 0 spiro atoms. The number of carbonyl (C=O) groups excluding carboxylic acids is 1. The van der Waals surface area contributed by atoms with E-state index in [2.05, 4.69) is 10.5 Å². The number of carbonyl (C=O) groups is 1. The van der Waals surface area contributed by atoms with Crippen molar-refractivity contribution in [3.05, 3.63) is 76.4 Å². The van der Waals surface area contributed by atoms with E-state index in [-0.39, 0.29) is 23.6 Å². The zero-order valence-electron chi connectivity index (χ0n) is 15.4. The summed E-state index contributed by atoms with van der Waals surface area (Å²) in [5, 5.41) is 6.16. The lowest BCUT2D eigenvalue weighted by Crippen LogP contribution is -2.15. The SMILES string of the molecule is Cc1noc(C)c1COc1ccccc1C(=O)Nc1ccc(F)c(C(F)(F)F)c1. The fourth-order valence-electron chi connectivity index (χ4n) is 2.66. The van der Waals surface area contributed by atoms with Crippen LogP contribution >= 0.6 is 0 Å². The summed E-state index contributed by atoms with van der Waals surface area (Å²) in [5.74, 6) is -1.31. The number of anilines is 1. The molecule has 1 aromatic heterocycles. The topological polar surface area (TPSA) is 64.4 Å². The number of aryl methyl sites for hydroxylation is 2. The first-order chi connectivity index (χ1) is 13.7. The third-order valence-corrected chi connectivity index (χ3v) is 4.21. The molecule has 0 aliphatic rings. The number of para-hydroxylation sites is 1. The molecule has 0 unspecified atom stereocenters. The molecule has 1 heterocycles. The van der Waals surface area contributed by atoms with Crippen LogP contribution in [0.5, 0.6) is 5.75 Å². The predicted octanol–water partition coefficient (Wildman–Crippen LogP) is 5.28. The van der Waals surface area contributed by atoms with Gasteiger partial charge < -0.3 is 14.6 Å². The van der Waals surface area contributed by atoms with E-state index in [1.807, 2.05) is 0 Å². The van der Waals surface area contributed by atoms with Crippen molar-refractivity contribution in [1.82, 2.24) is 5.16 Å². The van der Waals surface area contributed by atoms with Gasteiger partial charge in [0, 0.05) is 5.69 Å². The van der Waals surface area contributed by atoms with Crippen LogP contribution < -0.4 is 10.1 Å². The van der Waals surface area contributed by atoms with Crippen molar-refractivity contribution in [2.75, 3.05) is 5.32 Å². The molecule has 0 saturated carbocycles. The summed E-state index contributed by atoms with van der Waals surface area (Å²) in [4.78, 5) is 12.6. The molecule has 0 bridgehead atoms. The van der Waals surface area contributed by atoms with Crippen molar-refractivity contribution >= 4 is 11.6 Å². The van der Waals surface area contributed by atoms with E-state index in [1.54, 1.807) is 32.0 Å². The van der Waals surface area contributed by atoms with E-state index in [1.165, 1.54) is 6.07 Å². The molecule has 1 N–H and O–H groups in total. The molecular weight excluding hydrogens is 392 g/mol. The van der Waals surface area contributed by atoms with E-state index in [9.17, 15) is 22.4 Å². The van der Waals surface area contributed by atoms with Gasteiger partial charge >= 0.3 is 6.18 Å². The Hall–Kier alpha value is -3.36. The van der Waals surface area contributed by atoms with Gasteiger partial charge in [0.15, 0.2) is 0 Å². The molecular formula is C20H16F4N2O3. The number of ether oxygens (including phenoxy) is 1. The monoisotopic (exact) mass is 408 g/mol. The quantitative estimate of drug-likeness (QED) is 0.584. The molecule has 0 aliphatic carbocycles. The summed E-state index contributed by atoms with van der Waals surface area (Å²) in [5.41, 5.74) is -0.163. The third kappa shape index (κ3) is 4.56. The Morgan fingerprint density at radius 3 is 2.55 bits per heavy atom. The first kappa shape index (κ1) is 20.4. The Kier molecular flexibility index (Phi) is 5.58. The van der Waals surface area contributed by atoms with Crippen LogP contribution in [0.4, 0.5) is 23.2 Å². The maximum atomic E-state index is 13.4. The lowest BCUT2D eigenvalue weighted by atomic mass is 10.1. The van der Waals surface area contributed by atoms with Crippen LogP contribution in [0.1, 0.15) is 32.9 Å². The zero-order valence-corrected chi connectivity index (χ0v) is 15.4. The lowest BCUT2D eigenvalue weighted by molar-refractivity contribution is -0.139. The fourth-order valence-corrected chi connectivity index (χ4v) is 2.66. The van der Waals surface area contributed by atoms with Crippen molar-refractivity contribution in [3.63, 3.8) is 0 Å². The van der Waals surface area contributed by atoms with Crippen molar-refractivity contribution in [2.24, 2.45) is 0 Å². The van der Waals surface area contributed by atoms with Crippen LogP contribution in [0, 0.1) is 19.7 Å². The van der Waals surface area contributed by atoms with E-state index in [0.717, 1.165) is 11.6 Å². The van der Waals surface area contributed by atoms with E-state index < -0.39 is 23.5 Å². The number of nitrogens with one attached hydrogen (secondary N) is 1. The second-order valence-electron chi connectivity index (χ2n) is 6.23. The number of benzene rings is 2. The summed E-state index contributed by atoms with van der Waals surface area (Å²) >= 11 is 0. The van der Waals surface area contributed by atoms with Crippen molar-refractivity contribution in [2.45, 2.75) is 26.6 Å². The number of hydrogen-bond donors (Lipinski definition) is 1. The maximum absolute atomic E-state index is 13.4. The summed E-state index contributed by atoms with van der Waals surface area (Å²) in [6.45, 7) is 3.57. The molecule has 0 fully saturated rings. The normalized spacial score (nSPS) is 11.4. The van der Waals surface area contributed by atoms with Gasteiger partial charge in [0.2, 0.25) is 0 Å². The van der Waals surface area contributed by atoms with E-state index in [0.29, 0.717) is 23.6 Å². The molecule has 0 radical (unpaired) electrons. The molecule has 0 saturated heterocycles. The fraction of sp³-hybridized carbons (Fsp3) is 0.200. The predicted molar refractivity (Wildman–Crippen MR) is 96.1 cm³/mol. The number of halogens is 4. The van der Waals surface area contributed by atoms with Gasteiger partial charge in [-0.1, -0.05) is 17.3 Å². The first-order valence-corrected chi connectivity index (χ1v) is 8.48. The van der Waals surface area contributed by atoms with E-state index in [4.69, 9.17) is 9.26 Å². The number of aromatic nitrogens is 1. The minimum absolute atomic E-state index is 0.0975. The van der Waals surface area contributed by atoms with Gasteiger partial charge in [0.1, 0.15) is 23.9 Å². The number of rotatable bonds is 5. The van der Waals surface area contributed by atoms with Crippen molar-refractivity contribution in [3.8, 4) is 5.75 Å². The number of hydrogen-bond acceptors (Lipinski definition) is 4. The summed E-state index contributed by atoms with van der Waals surface area (Å²) in [6, 6.07) is 8.50. The highest BCUT2D eigenvalue weighted by atomic mass is 19.4. The third-order valence-electron chi connectivity index (χ3n) is 4.21. The van der Waals surface area contributed by atoms with Crippen LogP contribution in [0.25, 0.3) is 0 Å². The Morgan fingerprint density at radius 1 is 1.17 bits per heavy atom. The molecule has 3 aromatic rings. The summed E-state index contributed by atoms with van der Waals surface area (Å²) in [6.07, 6.45) is -4.87. The van der Waals surface area contributed by atoms with Crippen LogP contribution in [0.3, 0.4) is 0 Å². The maximum Gasteiger partial charge on any atom is 0.419 e. The van der Waals surface area contributed by atoms with Crippen LogP contribution in [-0.2, 0) is 12.8 Å². The molecule has 152 valence electrons. The minimum atomic E-state index is -4.87. The van der Waals surface area contributed by atoms with Gasteiger partial charge in [-0.2, -0.15) is 13.2 Å². The molecule has 1 amide bonds. The Bertz CT molecular complexity index is 1020. The molecule has 3 rings (SSSR count). The van der Waals surface area contributed by atoms with Gasteiger partial charge in [-0.05, 0) is 44.2 Å². The Labute approximate surface area is 163 Å². The van der Waals surface area contributed by atoms with Gasteiger partial charge in [-0.3, -0.25) is 4.79 Å².